The predicted molar refractivity (Wildman–Crippen MR) is 110 cm³/mol. The van der Waals surface area contributed by atoms with E-state index in [1.807, 2.05) is 54.7 Å². The fraction of sp³-hybridized carbons (Fsp3) is 0.286. The molecule has 0 aliphatic rings. The third-order valence-electron chi connectivity index (χ3n) is 5.01. The molecule has 0 fully saturated rings. The first kappa shape index (κ1) is 19.9. The Morgan fingerprint density at radius 3 is 2.46 bits per heavy atom. The molecule has 3 rings (SSSR count). The van der Waals surface area contributed by atoms with Gasteiger partial charge in [-0.05, 0) is 36.2 Å². The highest BCUT2D eigenvalue weighted by atomic mass is 32.2. The highest BCUT2D eigenvalue weighted by molar-refractivity contribution is 7.92. The molecular weight excluding hydrogens is 376 g/mol. The van der Waals surface area contributed by atoms with Crippen LogP contribution in [0.2, 0.25) is 0 Å². The minimum atomic E-state index is -3.45. The smallest absolute Gasteiger partial charge is 0.238 e. The molecule has 3 aromatic rings. The van der Waals surface area contributed by atoms with Crippen molar-refractivity contribution in [2.75, 3.05) is 19.9 Å². The molecule has 0 aliphatic heterocycles. The van der Waals surface area contributed by atoms with E-state index in [4.69, 9.17) is 4.74 Å². The maximum atomic E-state index is 12.3. The average Bonchev–Trinajstić information content (AvgIpc) is 3.11. The lowest BCUT2D eigenvalue weighted by Gasteiger charge is -2.20. The number of nitrogens with one attached hydrogen (secondary N) is 2. The van der Waals surface area contributed by atoms with Gasteiger partial charge in [-0.3, -0.25) is 4.79 Å². The van der Waals surface area contributed by atoms with Gasteiger partial charge >= 0.3 is 0 Å². The van der Waals surface area contributed by atoms with Crippen molar-refractivity contribution >= 4 is 26.6 Å². The van der Waals surface area contributed by atoms with Crippen LogP contribution in [0.4, 0.5) is 0 Å². The second-order valence-corrected chi connectivity index (χ2v) is 9.20. The zero-order valence-corrected chi connectivity index (χ0v) is 16.9. The quantitative estimate of drug-likeness (QED) is 0.638. The first-order valence-electron chi connectivity index (χ1n) is 8.98. The summed E-state index contributed by atoms with van der Waals surface area (Å²) in [6.07, 6.45) is 3.00. The van der Waals surface area contributed by atoms with Crippen LogP contribution in [-0.2, 0) is 14.6 Å². The monoisotopic (exact) mass is 400 g/mol. The zero-order valence-electron chi connectivity index (χ0n) is 16.1. The van der Waals surface area contributed by atoms with Crippen LogP contribution >= 0.6 is 0 Å². The van der Waals surface area contributed by atoms with Crippen LogP contribution in [0.25, 0.3) is 10.9 Å². The molecule has 1 amide bonds. The SMILES string of the molecule is COc1ccc(C(CNC(=O)C(C)S(C)(=O)=O)c2c[nH]c3ccccc23)cc1. The number of para-hydroxylation sites is 1. The molecule has 2 atom stereocenters. The summed E-state index contributed by atoms with van der Waals surface area (Å²) in [6.45, 7) is 1.69. The van der Waals surface area contributed by atoms with Gasteiger partial charge in [0.2, 0.25) is 5.91 Å². The van der Waals surface area contributed by atoms with Gasteiger partial charge in [0.05, 0.1) is 7.11 Å². The van der Waals surface area contributed by atoms with Crippen LogP contribution in [0, 0.1) is 0 Å². The number of carbonyl (C=O) groups is 1. The normalized spacial score (nSPS) is 13.8. The van der Waals surface area contributed by atoms with Gasteiger partial charge in [-0.15, -0.1) is 0 Å². The zero-order chi connectivity index (χ0) is 20.3. The molecule has 1 heterocycles. The van der Waals surface area contributed by atoms with E-state index in [1.165, 1.54) is 6.92 Å². The molecule has 0 saturated carbocycles. The third kappa shape index (κ3) is 4.20. The number of carbonyl (C=O) groups excluding carboxylic acids is 1. The van der Waals surface area contributed by atoms with Crippen molar-refractivity contribution in [3.8, 4) is 5.75 Å². The Labute approximate surface area is 164 Å². The van der Waals surface area contributed by atoms with Gasteiger partial charge in [-0.25, -0.2) is 8.42 Å². The number of aromatic amines is 1. The summed E-state index contributed by atoms with van der Waals surface area (Å²) >= 11 is 0. The predicted octanol–water partition coefficient (Wildman–Crippen LogP) is 2.86. The maximum Gasteiger partial charge on any atom is 0.238 e. The van der Waals surface area contributed by atoms with Gasteiger partial charge in [0.25, 0.3) is 0 Å². The Balaban J connectivity index is 1.94. The van der Waals surface area contributed by atoms with Gasteiger partial charge in [0, 0.05) is 35.8 Å². The van der Waals surface area contributed by atoms with E-state index < -0.39 is 21.0 Å². The molecule has 2 N–H and O–H groups in total. The van der Waals surface area contributed by atoms with Gasteiger partial charge in [0.1, 0.15) is 11.0 Å². The van der Waals surface area contributed by atoms with Crippen LogP contribution in [-0.4, -0.2) is 44.5 Å². The molecule has 2 unspecified atom stereocenters. The number of H-pyrrole nitrogens is 1. The molecule has 0 radical (unpaired) electrons. The fourth-order valence-electron chi connectivity index (χ4n) is 3.17. The highest BCUT2D eigenvalue weighted by Gasteiger charge is 2.25. The van der Waals surface area contributed by atoms with Gasteiger partial charge in [-0.1, -0.05) is 30.3 Å². The summed E-state index contributed by atoms with van der Waals surface area (Å²) < 4.78 is 28.6. The number of hydrogen-bond acceptors (Lipinski definition) is 4. The molecule has 0 spiro atoms. The van der Waals surface area contributed by atoms with E-state index in [9.17, 15) is 13.2 Å². The second-order valence-electron chi connectivity index (χ2n) is 6.83. The Hall–Kier alpha value is -2.80. The number of hydrogen-bond donors (Lipinski definition) is 2. The second kappa shape index (κ2) is 8.06. The topological polar surface area (TPSA) is 88.3 Å². The molecule has 0 saturated heterocycles. The highest BCUT2D eigenvalue weighted by Crippen LogP contribution is 2.31. The minimum Gasteiger partial charge on any atom is -0.497 e. The largest absolute Gasteiger partial charge is 0.497 e. The average molecular weight is 401 g/mol. The maximum absolute atomic E-state index is 12.3. The Morgan fingerprint density at radius 2 is 1.82 bits per heavy atom. The van der Waals surface area contributed by atoms with Crippen molar-refractivity contribution in [2.24, 2.45) is 0 Å². The summed E-state index contributed by atoms with van der Waals surface area (Å²) in [4.78, 5) is 15.6. The van der Waals surface area contributed by atoms with Crippen LogP contribution in [0.1, 0.15) is 24.0 Å². The Bertz CT molecular complexity index is 1070. The minimum absolute atomic E-state index is 0.141. The molecule has 0 aliphatic carbocycles. The van der Waals surface area contributed by atoms with Crippen LogP contribution in [0.5, 0.6) is 5.75 Å². The molecule has 7 heteroatoms. The Kier molecular flexibility index (Phi) is 5.74. The molecule has 1 aromatic heterocycles. The van der Waals surface area contributed by atoms with E-state index >= 15 is 0 Å². The molecule has 0 bridgehead atoms. The van der Waals surface area contributed by atoms with Gasteiger partial charge in [-0.2, -0.15) is 0 Å². The van der Waals surface area contributed by atoms with Crippen molar-refractivity contribution in [3.05, 3.63) is 65.9 Å². The van der Waals surface area contributed by atoms with Crippen LogP contribution in [0.15, 0.2) is 54.7 Å². The summed E-state index contributed by atoms with van der Waals surface area (Å²) in [5, 5.41) is 2.78. The first-order chi connectivity index (χ1) is 13.3. The van der Waals surface area contributed by atoms with E-state index in [0.717, 1.165) is 34.0 Å². The molecule has 28 heavy (non-hydrogen) atoms. The third-order valence-corrected chi connectivity index (χ3v) is 6.51. The summed E-state index contributed by atoms with van der Waals surface area (Å²) in [7, 11) is -1.84. The van der Waals surface area contributed by atoms with Crippen molar-refractivity contribution in [1.29, 1.82) is 0 Å². The molecule has 2 aromatic carbocycles. The van der Waals surface area contributed by atoms with Gasteiger partial charge in [0.15, 0.2) is 9.84 Å². The van der Waals surface area contributed by atoms with E-state index in [1.54, 1.807) is 7.11 Å². The van der Waals surface area contributed by atoms with Crippen molar-refractivity contribution in [1.82, 2.24) is 10.3 Å². The van der Waals surface area contributed by atoms with Crippen molar-refractivity contribution < 1.29 is 17.9 Å². The number of ether oxygens (including phenoxy) is 1. The number of sulfone groups is 1. The number of benzene rings is 2. The van der Waals surface area contributed by atoms with Crippen LogP contribution in [0.3, 0.4) is 0 Å². The fourth-order valence-corrected chi connectivity index (χ4v) is 3.64. The molecule has 148 valence electrons. The number of aromatic nitrogens is 1. The van der Waals surface area contributed by atoms with E-state index in [-0.39, 0.29) is 12.5 Å². The van der Waals surface area contributed by atoms with E-state index in [0.29, 0.717) is 0 Å². The standard InChI is InChI=1S/C21H24N2O4S/c1-14(28(3,25)26)21(24)23-12-18(15-8-10-16(27-2)11-9-15)19-13-22-20-7-5-4-6-17(19)20/h4-11,13-14,18,22H,12H2,1-3H3,(H,23,24). The summed E-state index contributed by atoms with van der Waals surface area (Å²) in [6, 6.07) is 15.6. The van der Waals surface area contributed by atoms with Gasteiger partial charge < -0.3 is 15.0 Å². The summed E-state index contributed by atoms with van der Waals surface area (Å²) in [5.41, 5.74) is 3.04. The summed E-state index contributed by atoms with van der Waals surface area (Å²) in [5.74, 6) is 0.106. The van der Waals surface area contributed by atoms with E-state index in [2.05, 4.69) is 10.3 Å². The Morgan fingerprint density at radius 1 is 1.14 bits per heavy atom. The van der Waals surface area contributed by atoms with Crippen molar-refractivity contribution in [3.63, 3.8) is 0 Å². The number of fused-ring (bicyclic) bond motifs is 1. The first-order valence-corrected chi connectivity index (χ1v) is 10.9. The van der Waals surface area contributed by atoms with Crippen LogP contribution < -0.4 is 10.1 Å². The number of amides is 1. The number of methoxy groups -OCH3 is 1. The van der Waals surface area contributed by atoms with Crippen molar-refractivity contribution in [2.45, 2.75) is 18.1 Å². The number of rotatable bonds is 7. The molecular formula is C21H24N2O4S. The lowest BCUT2D eigenvalue weighted by molar-refractivity contribution is -0.120. The molecule has 6 nitrogen and oxygen atoms in total. The lowest BCUT2D eigenvalue weighted by atomic mass is 9.90. The lowest BCUT2D eigenvalue weighted by Crippen LogP contribution is -2.39.